The molecule has 2 heterocycles. The second-order valence-corrected chi connectivity index (χ2v) is 21.8. The zero-order valence-electron chi connectivity index (χ0n) is 46.4. The quantitative estimate of drug-likeness (QED) is 0.0204. The summed E-state index contributed by atoms with van der Waals surface area (Å²) in [6.07, 6.45) is 37.2. The molecule has 2 fully saturated rings. The van der Waals surface area contributed by atoms with E-state index in [2.05, 4.69) is 12.2 Å². The second kappa shape index (κ2) is 45.7. The lowest BCUT2D eigenvalue weighted by atomic mass is 9.97. The molecule has 14 nitrogen and oxygen atoms in total. The highest BCUT2D eigenvalue weighted by atomic mass is 16.7. The van der Waals surface area contributed by atoms with Gasteiger partial charge >= 0.3 is 0 Å². The average Bonchev–Trinajstić information content (AvgIpc) is 3.39. The highest BCUT2D eigenvalue weighted by Crippen LogP contribution is 2.30. The molecule has 12 atom stereocenters. The Morgan fingerprint density at radius 1 is 0.479 bits per heavy atom. The van der Waals surface area contributed by atoms with Crippen LogP contribution < -0.4 is 5.32 Å². The van der Waals surface area contributed by atoms with E-state index in [9.17, 15) is 45.6 Å². The number of aliphatic hydroxyl groups is 8. The van der Waals surface area contributed by atoms with Crippen molar-refractivity contribution in [2.75, 3.05) is 19.8 Å². The lowest BCUT2D eigenvalue weighted by Gasteiger charge is -2.46. The number of hydrogen-bond acceptors (Lipinski definition) is 13. The predicted octanol–water partition coefficient (Wildman–Crippen LogP) is 10.3. The van der Waals surface area contributed by atoms with Gasteiger partial charge in [-0.15, -0.1) is 0 Å². The molecule has 2 saturated heterocycles. The van der Waals surface area contributed by atoms with E-state index < -0.39 is 86.8 Å². The summed E-state index contributed by atoms with van der Waals surface area (Å²) in [7, 11) is 0. The molecule has 432 valence electrons. The maximum atomic E-state index is 13.0. The summed E-state index contributed by atoms with van der Waals surface area (Å²) in [6.45, 7) is 2.59. The lowest BCUT2D eigenvalue weighted by molar-refractivity contribution is -0.359. The summed E-state index contributed by atoms with van der Waals surface area (Å²) in [5.74, 6) is -0.246. The van der Waals surface area contributed by atoms with Crippen molar-refractivity contribution >= 4 is 5.91 Å². The maximum absolute atomic E-state index is 13.0. The van der Waals surface area contributed by atoms with Crippen molar-refractivity contribution in [2.45, 2.75) is 338 Å². The number of nitrogens with one attached hydrogen (secondary N) is 1. The molecule has 0 aliphatic carbocycles. The molecule has 73 heavy (non-hydrogen) atoms. The second-order valence-electron chi connectivity index (χ2n) is 21.8. The van der Waals surface area contributed by atoms with Gasteiger partial charge in [0.2, 0.25) is 5.91 Å². The van der Waals surface area contributed by atoms with Crippen LogP contribution >= 0.6 is 0 Å². The molecule has 0 bridgehead atoms. The molecule has 2 rings (SSSR count). The first-order chi connectivity index (χ1) is 35.6. The van der Waals surface area contributed by atoms with E-state index in [4.69, 9.17) is 18.9 Å². The summed E-state index contributed by atoms with van der Waals surface area (Å²) in [6, 6.07) is -0.905. The molecule has 2 aliphatic rings. The summed E-state index contributed by atoms with van der Waals surface area (Å²) in [4.78, 5) is 13.0. The van der Waals surface area contributed by atoms with Gasteiger partial charge in [-0.05, 0) is 12.8 Å². The fourth-order valence-corrected chi connectivity index (χ4v) is 10.3. The highest BCUT2D eigenvalue weighted by molar-refractivity contribution is 5.76. The Bertz CT molecular complexity index is 1280. The standard InChI is InChI=1S/C59H113NO13/c1-3-5-7-8-9-10-11-12-13-14-15-16-17-18-19-20-21-22-23-24-25-26-27-28-29-30-31-32-33-34-35-36-37-38-39-41-43-51(64)60-47(48(63)42-40-6-4-2)46-70-58-56(69)54(67)57(50(45-62)72-58)73-59-55(68)53(66)52(65)49(44-61)71-59/h40,42,47-50,52-59,61-63,65-69H,3-39,41,43-46H2,1-2H3,(H,60,64)/b42-40+. The third-order valence-electron chi connectivity index (χ3n) is 15.2. The first-order valence-electron chi connectivity index (χ1n) is 30.4. The van der Waals surface area contributed by atoms with Gasteiger partial charge in [-0.3, -0.25) is 4.79 Å². The molecule has 0 aromatic heterocycles. The molecule has 0 saturated carbocycles. The number of rotatable bonds is 49. The van der Waals surface area contributed by atoms with Gasteiger partial charge in [-0.25, -0.2) is 0 Å². The molecule has 12 unspecified atom stereocenters. The number of ether oxygens (including phenoxy) is 4. The number of unbranched alkanes of at least 4 members (excludes halogenated alkanes) is 36. The Morgan fingerprint density at radius 3 is 1.23 bits per heavy atom. The number of aliphatic hydroxyl groups excluding tert-OH is 8. The zero-order chi connectivity index (χ0) is 53.2. The van der Waals surface area contributed by atoms with Crippen molar-refractivity contribution in [3.05, 3.63) is 12.2 Å². The molecule has 0 spiro atoms. The minimum Gasteiger partial charge on any atom is -0.394 e. The van der Waals surface area contributed by atoms with Gasteiger partial charge in [0.15, 0.2) is 12.6 Å². The first kappa shape index (κ1) is 67.8. The summed E-state index contributed by atoms with van der Waals surface area (Å²) >= 11 is 0. The van der Waals surface area contributed by atoms with Crippen LogP contribution in [-0.4, -0.2) is 140 Å². The van der Waals surface area contributed by atoms with Crippen molar-refractivity contribution < 1.29 is 64.6 Å². The number of carbonyl (C=O) groups is 1. The van der Waals surface area contributed by atoms with E-state index in [1.807, 2.05) is 13.0 Å². The van der Waals surface area contributed by atoms with Crippen molar-refractivity contribution in [3.63, 3.8) is 0 Å². The fourth-order valence-electron chi connectivity index (χ4n) is 10.3. The predicted molar refractivity (Wildman–Crippen MR) is 291 cm³/mol. The first-order valence-corrected chi connectivity index (χ1v) is 30.4. The Balaban J connectivity index is 1.44. The van der Waals surface area contributed by atoms with Crippen LogP contribution in [0.2, 0.25) is 0 Å². The summed E-state index contributed by atoms with van der Waals surface area (Å²) in [5, 5.41) is 86.0. The molecule has 0 aromatic rings. The Morgan fingerprint density at radius 2 is 0.849 bits per heavy atom. The molecule has 0 aromatic carbocycles. The van der Waals surface area contributed by atoms with Crippen LogP contribution in [0.1, 0.15) is 264 Å². The molecular formula is C59H113NO13. The lowest BCUT2D eigenvalue weighted by Crippen LogP contribution is -2.65. The smallest absolute Gasteiger partial charge is 0.220 e. The van der Waals surface area contributed by atoms with Gasteiger partial charge in [0.05, 0.1) is 32.0 Å². The number of amides is 1. The van der Waals surface area contributed by atoms with Crippen LogP contribution in [0.5, 0.6) is 0 Å². The third-order valence-corrected chi connectivity index (χ3v) is 15.2. The normalized spacial score (nSPS) is 25.4. The highest BCUT2D eigenvalue weighted by Gasteiger charge is 2.51. The molecule has 14 heteroatoms. The van der Waals surface area contributed by atoms with Gasteiger partial charge in [-0.2, -0.15) is 0 Å². The number of carbonyl (C=O) groups excluding carboxylic acids is 1. The van der Waals surface area contributed by atoms with Crippen molar-refractivity contribution in [1.82, 2.24) is 5.32 Å². The molecular weight excluding hydrogens is 931 g/mol. The van der Waals surface area contributed by atoms with Gasteiger partial charge < -0.3 is 65.1 Å². The van der Waals surface area contributed by atoms with Crippen LogP contribution in [0.25, 0.3) is 0 Å². The topological polar surface area (TPSA) is 228 Å². The molecule has 1 amide bonds. The Labute approximate surface area is 444 Å². The van der Waals surface area contributed by atoms with E-state index >= 15 is 0 Å². The van der Waals surface area contributed by atoms with E-state index in [-0.39, 0.29) is 18.9 Å². The van der Waals surface area contributed by atoms with Crippen LogP contribution in [0.3, 0.4) is 0 Å². The molecule has 9 N–H and O–H groups in total. The van der Waals surface area contributed by atoms with E-state index in [1.165, 1.54) is 205 Å². The Kier molecular flexibility index (Phi) is 42.5. The van der Waals surface area contributed by atoms with E-state index in [1.54, 1.807) is 6.08 Å². The number of hydrogen-bond donors (Lipinski definition) is 9. The molecule has 0 radical (unpaired) electrons. The van der Waals surface area contributed by atoms with Crippen LogP contribution in [0.4, 0.5) is 0 Å². The van der Waals surface area contributed by atoms with E-state index in [0.29, 0.717) is 6.42 Å². The minimum atomic E-state index is -1.78. The van der Waals surface area contributed by atoms with Gasteiger partial charge in [0.1, 0.15) is 48.8 Å². The largest absolute Gasteiger partial charge is 0.394 e. The van der Waals surface area contributed by atoms with Crippen LogP contribution in [-0.2, 0) is 23.7 Å². The van der Waals surface area contributed by atoms with Gasteiger partial charge in [0, 0.05) is 6.42 Å². The van der Waals surface area contributed by atoms with Crippen molar-refractivity contribution in [3.8, 4) is 0 Å². The van der Waals surface area contributed by atoms with E-state index in [0.717, 1.165) is 32.1 Å². The third kappa shape index (κ3) is 31.7. The van der Waals surface area contributed by atoms with Gasteiger partial charge in [0.25, 0.3) is 0 Å². The van der Waals surface area contributed by atoms with Gasteiger partial charge in [-0.1, -0.05) is 257 Å². The van der Waals surface area contributed by atoms with Crippen molar-refractivity contribution in [1.29, 1.82) is 0 Å². The Hall–Kier alpha value is -1.27. The molecule has 2 aliphatic heterocycles. The SMILES string of the molecule is CCC/C=C/C(O)C(COC1OC(CO)C(OC2OC(CO)C(O)C(O)C2O)C(O)C1O)NC(=O)CCCCCCCCCCCCCCCCCCCCCCCCCCCCCCCCCCCCCC. The number of allylic oxidation sites excluding steroid dienone is 1. The van der Waals surface area contributed by atoms with Crippen LogP contribution in [0, 0.1) is 0 Å². The summed E-state index contributed by atoms with van der Waals surface area (Å²) in [5.41, 5.74) is 0. The monoisotopic (exact) mass is 1040 g/mol. The average molecular weight is 1040 g/mol. The summed E-state index contributed by atoms with van der Waals surface area (Å²) < 4.78 is 22.5. The van der Waals surface area contributed by atoms with Crippen molar-refractivity contribution in [2.24, 2.45) is 0 Å². The maximum Gasteiger partial charge on any atom is 0.220 e. The fraction of sp³-hybridized carbons (Fsp3) is 0.949. The zero-order valence-corrected chi connectivity index (χ0v) is 46.4. The van der Waals surface area contributed by atoms with Crippen LogP contribution in [0.15, 0.2) is 12.2 Å². The minimum absolute atomic E-state index is 0.246.